The molecule has 14 heavy (non-hydrogen) atoms. The van der Waals surface area contributed by atoms with Crippen molar-refractivity contribution in [3.05, 3.63) is 0 Å². The van der Waals surface area contributed by atoms with Crippen LogP contribution in [0.4, 0.5) is 0 Å². The molecule has 0 aromatic carbocycles. The lowest BCUT2D eigenvalue weighted by atomic mass is 10.0. The van der Waals surface area contributed by atoms with Crippen LogP contribution >= 0.6 is 0 Å². The fourth-order valence-electron chi connectivity index (χ4n) is 2.42. The lowest BCUT2D eigenvalue weighted by molar-refractivity contribution is -0.186. The molecule has 2 aliphatic rings. The molecule has 0 aliphatic carbocycles. The molecule has 4 nitrogen and oxygen atoms in total. The van der Waals surface area contributed by atoms with E-state index in [1.54, 1.807) is 0 Å². The number of aliphatic hydroxyl groups excluding tert-OH is 1. The molecule has 2 fully saturated rings. The van der Waals surface area contributed by atoms with Crippen molar-refractivity contribution in [2.45, 2.75) is 38.5 Å². The second-order valence-corrected chi connectivity index (χ2v) is 4.19. The minimum absolute atomic E-state index is 0.120. The van der Waals surface area contributed by atoms with Crippen molar-refractivity contribution in [3.63, 3.8) is 0 Å². The molecule has 0 spiro atoms. The molecule has 0 radical (unpaired) electrons. The molecule has 0 amide bonds. The standard InChI is InChI=1S/C10H19NO3/c1-3-9(4-12)11-10-7(2)13-5-8(10)6-14-11/h7-10,12H,3-6H2,1-2H3/t7-,8-,9-,10-/m1/s1. The van der Waals surface area contributed by atoms with Crippen LogP contribution in [0.15, 0.2) is 0 Å². The van der Waals surface area contributed by atoms with Crippen LogP contribution < -0.4 is 0 Å². The summed E-state index contributed by atoms with van der Waals surface area (Å²) < 4.78 is 5.59. The van der Waals surface area contributed by atoms with E-state index in [0.717, 1.165) is 19.6 Å². The van der Waals surface area contributed by atoms with Gasteiger partial charge in [-0.05, 0) is 13.3 Å². The first kappa shape index (κ1) is 10.4. The smallest absolute Gasteiger partial charge is 0.0752 e. The predicted molar refractivity (Wildman–Crippen MR) is 51.6 cm³/mol. The number of ether oxygens (including phenoxy) is 1. The molecule has 82 valence electrons. The molecule has 2 rings (SSSR count). The van der Waals surface area contributed by atoms with Gasteiger partial charge in [-0.25, -0.2) is 0 Å². The van der Waals surface area contributed by atoms with Crippen LogP contribution in [0, 0.1) is 5.92 Å². The molecule has 0 unspecified atom stereocenters. The van der Waals surface area contributed by atoms with Gasteiger partial charge in [0, 0.05) is 5.92 Å². The summed E-state index contributed by atoms with van der Waals surface area (Å²) in [5, 5.41) is 11.2. The molecule has 2 aliphatic heterocycles. The van der Waals surface area contributed by atoms with Gasteiger partial charge in [0.1, 0.15) is 0 Å². The van der Waals surface area contributed by atoms with Crippen LogP contribution in [0.25, 0.3) is 0 Å². The zero-order chi connectivity index (χ0) is 10.1. The van der Waals surface area contributed by atoms with Gasteiger partial charge in [-0.1, -0.05) is 6.92 Å². The van der Waals surface area contributed by atoms with Crippen LogP contribution in [0.1, 0.15) is 20.3 Å². The predicted octanol–water partition coefficient (Wildman–Crippen LogP) is 0.408. The van der Waals surface area contributed by atoms with Gasteiger partial charge in [0.15, 0.2) is 0 Å². The lowest BCUT2D eigenvalue weighted by Crippen LogP contribution is -2.44. The van der Waals surface area contributed by atoms with E-state index >= 15 is 0 Å². The van der Waals surface area contributed by atoms with Gasteiger partial charge in [0.05, 0.1) is 38.0 Å². The molecule has 1 N–H and O–H groups in total. The largest absolute Gasteiger partial charge is 0.395 e. The maximum Gasteiger partial charge on any atom is 0.0752 e. The van der Waals surface area contributed by atoms with Gasteiger partial charge < -0.3 is 9.84 Å². The minimum atomic E-state index is 0.120. The maximum atomic E-state index is 9.23. The Labute approximate surface area is 84.7 Å². The third-order valence-electron chi connectivity index (χ3n) is 3.31. The highest BCUT2D eigenvalue weighted by molar-refractivity contribution is 4.92. The van der Waals surface area contributed by atoms with Crippen molar-refractivity contribution in [2.24, 2.45) is 5.92 Å². The van der Waals surface area contributed by atoms with E-state index in [1.807, 2.05) is 5.06 Å². The van der Waals surface area contributed by atoms with Crippen molar-refractivity contribution in [1.82, 2.24) is 5.06 Å². The highest BCUT2D eigenvalue weighted by Gasteiger charge is 2.46. The number of hydroxylamine groups is 2. The molecule has 0 aromatic heterocycles. The summed E-state index contributed by atoms with van der Waals surface area (Å²) in [7, 11) is 0. The van der Waals surface area contributed by atoms with E-state index in [-0.39, 0.29) is 18.8 Å². The first-order chi connectivity index (χ1) is 6.77. The first-order valence-electron chi connectivity index (χ1n) is 5.41. The zero-order valence-electron chi connectivity index (χ0n) is 8.85. The molecular weight excluding hydrogens is 182 g/mol. The van der Waals surface area contributed by atoms with E-state index in [0.29, 0.717) is 12.0 Å². The number of rotatable bonds is 3. The monoisotopic (exact) mass is 201 g/mol. The lowest BCUT2D eigenvalue weighted by Gasteiger charge is -2.30. The Morgan fingerprint density at radius 2 is 2.29 bits per heavy atom. The number of hydrogen-bond acceptors (Lipinski definition) is 4. The summed E-state index contributed by atoms with van der Waals surface area (Å²) in [6.07, 6.45) is 1.13. The van der Waals surface area contributed by atoms with Gasteiger partial charge in [0.2, 0.25) is 0 Å². The van der Waals surface area contributed by atoms with Crippen molar-refractivity contribution >= 4 is 0 Å². The topological polar surface area (TPSA) is 41.9 Å². The van der Waals surface area contributed by atoms with Crippen LogP contribution in [0.5, 0.6) is 0 Å². The average Bonchev–Trinajstić information content (AvgIpc) is 2.74. The Bertz CT molecular complexity index is 196. The Hall–Kier alpha value is -0.160. The number of fused-ring (bicyclic) bond motifs is 1. The Balaban J connectivity index is 2.05. The molecule has 0 saturated carbocycles. The summed E-state index contributed by atoms with van der Waals surface area (Å²) in [6.45, 7) is 5.84. The highest BCUT2D eigenvalue weighted by Crippen LogP contribution is 2.33. The van der Waals surface area contributed by atoms with Crippen LogP contribution in [0.3, 0.4) is 0 Å². The van der Waals surface area contributed by atoms with Gasteiger partial charge in [-0.2, -0.15) is 5.06 Å². The quantitative estimate of drug-likeness (QED) is 0.718. The summed E-state index contributed by atoms with van der Waals surface area (Å²) in [5.41, 5.74) is 0. The number of aliphatic hydroxyl groups is 1. The van der Waals surface area contributed by atoms with Gasteiger partial charge in [-0.15, -0.1) is 0 Å². The van der Waals surface area contributed by atoms with Crippen LogP contribution in [-0.4, -0.2) is 48.2 Å². The van der Waals surface area contributed by atoms with Gasteiger partial charge in [-0.3, -0.25) is 4.84 Å². The molecule has 4 heteroatoms. The SMILES string of the molecule is CC[C@H](CO)N1OC[C@H]2CO[C@H](C)[C@H]21. The fourth-order valence-corrected chi connectivity index (χ4v) is 2.42. The van der Waals surface area contributed by atoms with E-state index in [4.69, 9.17) is 9.57 Å². The molecule has 2 saturated heterocycles. The Morgan fingerprint density at radius 1 is 1.50 bits per heavy atom. The third-order valence-corrected chi connectivity index (χ3v) is 3.31. The van der Waals surface area contributed by atoms with E-state index in [2.05, 4.69) is 13.8 Å². The van der Waals surface area contributed by atoms with E-state index in [1.165, 1.54) is 0 Å². The van der Waals surface area contributed by atoms with Crippen molar-refractivity contribution < 1.29 is 14.7 Å². The molecule has 4 atom stereocenters. The average molecular weight is 201 g/mol. The van der Waals surface area contributed by atoms with Crippen molar-refractivity contribution in [1.29, 1.82) is 0 Å². The summed E-state index contributed by atoms with van der Waals surface area (Å²) in [6, 6.07) is 0.459. The normalized spacial score (nSPS) is 40.1. The Morgan fingerprint density at radius 3 is 2.93 bits per heavy atom. The van der Waals surface area contributed by atoms with Crippen LogP contribution in [0.2, 0.25) is 0 Å². The van der Waals surface area contributed by atoms with Crippen molar-refractivity contribution in [3.8, 4) is 0 Å². The highest BCUT2D eigenvalue weighted by atomic mass is 16.7. The second-order valence-electron chi connectivity index (χ2n) is 4.19. The maximum absolute atomic E-state index is 9.23. The Kier molecular flexibility index (Phi) is 3.07. The van der Waals surface area contributed by atoms with Crippen LogP contribution in [-0.2, 0) is 9.57 Å². The minimum Gasteiger partial charge on any atom is -0.395 e. The number of hydrogen-bond donors (Lipinski definition) is 1. The summed E-state index contributed by atoms with van der Waals surface area (Å²) >= 11 is 0. The summed E-state index contributed by atoms with van der Waals surface area (Å²) in [4.78, 5) is 5.63. The second kappa shape index (κ2) is 4.14. The zero-order valence-corrected chi connectivity index (χ0v) is 8.85. The summed E-state index contributed by atoms with van der Waals surface area (Å²) in [5.74, 6) is 0.491. The molecular formula is C10H19NO3. The van der Waals surface area contributed by atoms with Gasteiger partial charge >= 0.3 is 0 Å². The molecule has 2 heterocycles. The first-order valence-corrected chi connectivity index (χ1v) is 5.41. The molecule has 0 aromatic rings. The number of nitrogens with zero attached hydrogens (tertiary/aromatic N) is 1. The van der Waals surface area contributed by atoms with E-state index < -0.39 is 0 Å². The third kappa shape index (κ3) is 1.56. The van der Waals surface area contributed by atoms with Crippen molar-refractivity contribution in [2.75, 3.05) is 19.8 Å². The molecule has 0 bridgehead atoms. The van der Waals surface area contributed by atoms with E-state index in [9.17, 15) is 5.11 Å². The fraction of sp³-hybridized carbons (Fsp3) is 1.00. The van der Waals surface area contributed by atoms with Gasteiger partial charge in [0.25, 0.3) is 0 Å².